The molecule has 4 rings (SSSR count). The molecule has 1 aliphatic rings. The lowest BCUT2D eigenvalue weighted by molar-refractivity contribution is 0.0600. The van der Waals surface area contributed by atoms with Crippen molar-refractivity contribution in [1.82, 2.24) is 28.8 Å². The van der Waals surface area contributed by atoms with Crippen molar-refractivity contribution in [2.24, 2.45) is 7.05 Å². The molecule has 1 saturated heterocycles. The fraction of sp³-hybridized carbons (Fsp3) is 0.375. The summed E-state index contributed by atoms with van der Waals surface area (Å²) in [5.41, 5.74) is 1.38. The van der Waals surface area contributed by atoms with E-state index in [-0.39, 0.29) is 11.9 Å². The zero-order chi connectivity index (χ0) is 15.8. The predicted molar refractivity (Wildman–Crippen MR) is 83.8 cm³/mol. The molecule has 7 nitrogen and oxygen atoms in total. The molecule has 118 valence electrons. The minimum atomic E-state index is -0.0275. The summed E-state index contributed by atoms with van der Waals surface area (Å²) in [6.45, 7) is 0.737. The summed E-state index contributed by atoms with van der Waals surface area (Å²) in [6.07, 6.45) is 12.0. The molecule has 23 heavy (non-hydrogen) atoms. The molecule has 1 aliphatic heterocycles. The summed E-state index contributed by atoms with van der Waals surface area (Å²) in [7, 11) is 1.87. The SMILES string of the molecule is Cn1cnc(C(=O)N2CCCC[C@@H]2c2ccn3ccnc3n2)c1. The summed E-state index contributed by atoms with van der Waals surface area (Å²) in [5, 5.41) is 0. The van der Waals surface area contributed by atoms with Gasteiger partial charge in [-0.05, 0) is 25.3 Å². The number of likely N-dealkylation sites (tertiary alicyclic amines) is 1. The second-order valence-corrected chi connectivity index (χ2v) is 5.92. The Kier molecular flexibility index (Phi) is 3.33. The van der Waals surface area contributed by atoms with Crippen LogP contribution >= 0.6 is 0 Å². The number of fused-ring (bicyclic) bond motifs is 1. The quantitative estimate of drug-likeness (QED) is 0.724. The Morgan fingerprint density at radius 3 is 3.00 bits per heavy atom. The van der Waals surface area contributed by atoms with Gasteiger partial charge in [-0.3, -0.25) is 9.20 Å². The molecule has 7 heteroatoms. The summed E-state index contributed by atoms with van der Waals surface area (Å²) in [6, 6.07) is 1.96. The first-order valence-electron chi connectivity index (χ1n) is 7.81. The average Bonchev–Trinajstić information content (AvgIpc) is 3.22. The number of nitrogens with zero attached hydrogens (tertiary/aromatic N) is 6. The molecular weight excluding hydrogens is 292 g/mol. The van der Waals surface area contributed by atoms with Gasteiger partial charge in [0, 0.05) is 38.4 Å². The van der Waals surface area contributed by atoms with Crippen LogP contribution in [0.25, 0.3) is 5.78 Å². The third-order valence-electron chi connectivity index (χ3n) is 4.31. The van der Waals surface area contributed by atoms with Crippen molar-refractivity contribution in [3.8, 4) is 0 Å². The van der Waals surface area contributed by atoms with E-state index in [1.807, 2.05) is 34.8 Å². The van der Waals surface area contributed by atoms with Crippen molar-refractivity contribution >= 4 is 11.7 Å². The molecular formula is C16H18N6O. The van der Waals surface area contributed by atoms with E-state index in [0.717, 1.165) is 31.5 Å². The van der Waals surface area contributed by atoms with Crippen molar-refractivity contribution < 1.29 is 4.79 Å². The lowest BCUT2D eigenvalue weighted by Gasteiger charge is -2.34. The molecule has 1 atom stereocenters. The van der Waals surface area contributed by atoms with Crippen LogP contribution in [-0.4, -0.2) is 41.3 Å². The maximum absolute atomic E-state index is 12.8. The van der Waals surface area contributed by atoms with Gasteiger partial charge in [0.15, 0.2) is 0 Å². The Labute approximate surface area is 133 Å². The van der Waals surface area contributed by atoms with Crippen molar-refractivity contribution in [2.45, 2.75) is 25.3 Å². The van der Waals surface area contributed by atoms with E-state index < -0.39 is 0 Å². The number of piperidine rings is 1. The van der Waals surface area contributed by atoms with Gasteiger partial charge in [0.1, 0.15) is 5.69 Å². The van der Waals surface area contributed by atoms with Crippen LogP contribution in [0.3, 0.4) is 0 Å². The van der Waals surface area contributed by atoms with Gasteiger partial charge in [0.05, 0.1) is 18.1 Å². The third-order valence-corrected chi connectivity index (χ3v) is 4.31. The van der Waals surface area contributed by atoms with E-state index in [1.165, 1.54) is 0 Å². The van der Waals surface area contributed by atoms with Gasteiger partial charge in [-0.2, -0.15) is 0 Å². The molecule has 0 saturated carbocycles. The van der Waals surface area contributed by atoms with E-state index >= 15 is 0 Å². The lowest BCUT2D eigenvalue weighted by Crippen LogP contribution is -2.39. The van der Waals surface area contributed by atoms with Crippen molar-refractivity contribution in [1.29, 1.82) is 0 Å². The molecule has 0 aliphatic carbocycles. The third kappa shape index (κ3) is 2.48. The van der Waals surface area contributed by atoms with Crippen molar-refractivity contribution in [3.05, 3.63) is 48.6 Å². The number of carbonyl (C=O) groups is 1. The van der Waals surface area contributed by atoms with E-state index in [2.05, 4.69) is 15.0 Å². The topological polar surface area (TPSA) is 68.3 Å². The molecule has 0 N–H and O–H groups in total. The lowest BCUT2D eigenvalue weighted by atomic mass is 9.98. The van der Waals surface area contributed by atoms with Crippen LogP contribution in [0.4, 0.5) is 0 Å². The van der Waals surface area contributed by atoms with Crippen LogP contribution in [0.2, 0.25) is 0 Å². The van der Waals surface area contributed by atoms with Crippen LogP contribution in [0.15, 0.2) is 37.2 Å². The predicted octanol–water partition coefficient (Wildman–Crippen LogP) is 1.83. The number of amides is 1. The van der Waals surface area contributed by atoms with Gasteiger partial charge in [-0.15, -0.1) is 0 Å². The van der Waals surface area contributed by atoms with Gasteiger partial charge in [0.25, 0.3) is 5.91 Å². The minimum absolute atomic E-state index is 0.0139. The number of aryl methyl sites for hydroxylation is 1. The first-order chi connectivity index (χ1) is 11.2. The highest BCUT2D eigenvalue weighted by atomic mass is 16.2. The number of hydrogen-bond donors (Lipinski definition) is 0. The second-order valence-electron chi connectivity index (χ2n) is 5.92. The van der Waals surface area contributed by atoms with E-state index in [1.54, 1.807) is 23.3 Å². The average molecular weight is 310 g/mol. The monoisotopic (exact) mass is 310 g/mol. The van der Waals surface area contributed by atoms with Gasteiger partial charge in [-0.25, -0.2) is 15.0 Å². The number of hydrogen-bond acceptors (Lipinski definition) is 4. The van der Waals surface area contributed by atoms with Gasteiger partial charge >= 0.3 is 0 Å². The second kappa shape index (κ2) is 5.49. The Morgan fingerprint density at radius 2 is 2.17 bits per heavy atom. The summed E-state index contributed by atoms with van der Waals surface area (Å²) in [5.74, 6) is 0.638. The standard InChI is InChI=1S/C16H18N6O/c1-20-10-13(18-11-20)15(23)22-7-3-2-4-14(22)12-5-8-21-9-6-17-16(21)19-12/h5-6,8-11,14H,2-4,7H2,1H3/t14-/m1/s1. The number of imidazole rings is 2. The van der Waals surface area contributed by atoms with Gasteiger partial charge < -0.3 is 9.47 Å². The van der Waals surface area contributed by atoms with Crippen LogP contribution in [-0.2, 0) is 7.05 Å². The molecule has 1 amide bonds. The molecule has 0 aromatic carbocycles. The van der Waals surface area contributed by atoms with Crippen LogP contribution in [0.1, 0.15) is 41.5 Å². The molecule has 3 aromatic rings. The molecule has 3 aromatic heterocycles. The van der Waals surface area contributed by atoms with Crippen LogP contribution in [0.5, 0.6) is 0 Å². The summed E-state index contributed by atoms with van der Waals surface area (Å²) >= 11 is 0. The maximum Gasteiger partial charge on any atom is 0.274 e. The Hall–Kier alpha value is -2.70. The van der Waals surface area contributed by atoms with E-state index in [9.17, 15) is 4.79 Å². The first-order valence-corrected chi connectivity index (χ1v) is 7.81. The minimum Gasteiger partial charge on any atom is -0.340 e. The fourth-order valence-corrected chi connectivity index (χ4v) is 3.16. The van der Waals surface area contributed by atoms with E-state index in [4.69, 9.17) is 0 Å². The Bertz CT molecular complexity index is 851. The molecule has 4 heterocycles. The molecule has 0 unspecified atom stereocenters. The van der Waals surface area contributed by atoms with Gasteiger partial charge in [0.2, 0.25) is 5.78 Å². The van der Waals surface area contributed by atoms with Crippen LogP contribution < -0.4 is 0 Å². The largest absolute Gasteiger partial charge is 0.340 e. The highest BCUT2D eigenvalue weighted by Gasteiger charge is 2.30. The number of aromatic nitrogens is 5. The first kappa shape index (κ1) is 13.9. The Morgan fingerprint density at radius 1 is 1.26 bits per heavy atom. The zero-order valence-electron chi connectivity index (χ0n) is 13.0. The molecule has 0 radical (unpaired) electrons. The van der Waals surface area contributed by atoms with Crippen molar-refractivity contribution in [2.75, 3.05) is 6.54 Å². The molecule has 0 bridgehead atoms. The van der Waals surface area contributed by atoms with Crippen LogP contribution in [0, 0.1) is 0 Å². The zero-order valence-corrected chi connectivity index (χ0v) is 13.0. The molecule has 1 fully saturated rings. The smallest absolute Gasteiger partial charge is 0.274 e. The summed E-state index contributed by atoms with van der Waals surface area (Å²) < 4.78 is 3.66. The van der Waals surface area contributed by atoms with Gasteiger partial charge in [-0.1, -0.05) is 0 Å². The summed E-state index contributed by atoms with van der Waals surface area (Å²) in [4.78, 5) is 27.8. The molecule has 0 spiro atoms. The Balaban J connectivity index is 1.68. The van der Waals surface area contributed by atoms with Crippen molar-refractivity contribution in [3.63, 3.8) is 0 Å². The highest BCUT2D eigenvalue weighted by molar-refractivity contribution is 5.92. The van der Waals surface area contributed by atoms with E-state index in [0.29, 0.717) is 11.5 Å². The number of rotatable bonds is 2. The number of carbonyl (C=O) groups excluding carboxylic acids is 1. The fourth-order valence-electron chi connectivity index (χ4n) is 3.16. The highest BCUT2D eigenvalue weighted by Crippen LogP contribution is 2.31. The normalized spacial score (nSPS) is 18.5. The maximum atomic E-state index is 12.8.